The maximum Gasteiger partial charge on any atom is 0.244 e. The molecule has 17 heavy (non-hydrogen) atoms. The van der Waals surface area contributed by atoms with Gasteiger partial charge in [-0.25, -0.2) is 8.42 Å². The molecule has 1 aromatic rings. The molecule has 7 heteroatoms. The summed E-state index contributed by atoms with van der Waals surface area (Å²) in [7, 11) is -0.518. The smallest absolute Gasteiger partial charge is 0.244 e. The van der Waals surface area contributed by atoms with Crippen molar-refractivity contribution >= 4 is 10.0 Å². The van der Waals surface area contributed by atoms with Gasteiger partial charge in [0.2, 0.25) is 10.0 Å². The van der Waals surface area contributed by atoms with Crippen molar-refractivity contribution in [1.29, 1.82) is 0 Å². The quantitative estimate of drug-likeness (QED) is 0.765. The van der Waals surface area contributed by atoms with Crippen molar-refractivity contribution < 1.29 is 13.2 Å². The van der Waals surface area contributed by atoms with E-state index < -0.39 is 10.0 Å². The third-order valence-electron chi connectivity index (χ3n) is 2.34. The average Bonchev–Trinajstić information content (AvgIpc) is 2.35. The molecule has 1 heterocycles. The van der Waals surface area contributed by atoms with Crippen LogP contribution in [0.15, 0.2) is 23.2 Å². The van der Waals surface area contributed by atoms with Crippen LogP contribution in [-0.2, 0) is 21.3 Å². The molecule has 0 radical (unpaired) electrons. The van der Waals surface area contributed by atoms with Crippen LogP contribution in [0.4, 0.5) is 0 Å². The summed E-state index contributed by atoms with van der Waals surface area (Å²) in [6.07, 6.45) is 1.52. The van der Waals surface area contributed by atoms with Gasteiger partial charge in [-0.2, -0.15) is 4.31 Å². The Bertz CT molecular complexity index is 462. The second-order valence-electron chi connectivity index (χ2n) is 3.47. The van der Waals surface area contributed by atoms with E-state index in [1.54, 1.807) is 6.07 Å². The molecule has 0 aliphatic carbocycles. The minimum absolute atomic E-state index is 0.0908. The van der Waals surface area contributed by atoms with Crippen LogP contribution in [0.5, 0.6) is 0 Å². The molecule has 1 aromatic heterocycles. The van der Waals surface area contributed by atoms with E-state index in [2.05, 4.69) is 4.98 Å². The van der Waals surface area contributed by atoms with E-state index in [-0.39, 0.29) is 18.0 Å². The zero-order valence-corrected chi connectivity index (χ0v) is 10.8. The van der Waals surface area contributed by atoms with E-state index in [1.165, 1.54) is 30.7 Å². The molecule has 0 amide bonds. The van der Waals surface area contributed by atoms with Gasteiger partial charge in [0.1, 0.15) is 4.90 Å². The molecule has 96 valence electrons. The van der Waals surface area contributed by atoms with Crippen LogP contribution in [0.2, 0.25) is 0 Å². The highest BCUT2D eigenvalue weighted by Crippen LogP contribution is 2.16. The van der Waals surface area contributed by atoms with Gasteiger partial charge in [0.25, 0.3) is 0 Å². The summed E-state index contributed by atoms with van der Waals surface area (Å²) >= 11 is 0. The number of ether oxygens (including phenoxy) is 1. The van der Waals surface area contributed by atoms with Crippen molar-refractivity contribution in [2.45, 2.75) is 11.4 Å². The standard InChI is InChI=1S/C10H17N3O3S/c1-13(6-7-16-2)17(14,15)10-4-3-5-12-9(10)8-11/h3-5H,6-8,11H2,1-2H3. The van der Waals surface area contributed by atoms with Gasteiger partial charge in [-0.05, 0) is 12.1 Å². The number of pyridine rings is 1. The maximum absolute atomic E-state index is 12.2. The SMILES string of the molecule is COCCN(C)S(=O)(=O)c1cccnc1CN. The second kappa shape index (κ2) is 6.06. The topological polar surface area (TPSA) is 85.5 Å². The fourth-order valence-corrected chi connectivity index (χ4v) is 2.65. The Hall–Kier alpha value is -1.02. The molecule has 0 spiro atoms. The summed E-state index contributed by atoms with van der Waals surface area (Å²) in [5.74, 6) is 0. The van der Waals surface area contributed by atoms with E-state index >= 15 is 0 Å². The molecule has 6 nitrogen and oxygen atoms in total. The van der Waals surface area contributed by atoms with Crippen LogP contribution in [-0.4, -0.2) is 45.0 Å². The highest BCUT2D eigenvalue weighted by molar-refractivity contribution is 7.89. The van der Waals surface area contributed by atoms with Gasteiger partial charge in [0.05, 0.1) is 12.3 Å². The minimum Gasteiger partial charge on any atom is -0.383 e. The zero-order chi connectivity index (χ0) is 12.9. The monoisotopic (exact) mass is 259 g/mol. The summed E-state index contributed by atoms with van der Waals surface area (Å²) in [5.41, 5.74) is 5.85. The van der Waals surface area contributed by atoms with Gasteiger partial charge in [0, 0.05) is 33.4 Å². The van der Waals surface area contributed by atoms with E-state index in [0.717, 1.165) is 0 Å². The number of hydrogen-bond acceptors (Lipinski definition) is 5. The first-order valence-corrected chi connectivity index (χ1v) is 6.57. The lowest BCUT2D eigenvalue weighted by Gasteiger charge is -2.17. The molecule has 0 saturated carbocycles. The fraction of sp³-hybridized carbons (Fsp3) is 0.500. The Morgan fingerprint density at radius 2 is 2.24 bits per heavy atom. The summed E-state index contributed by atoms with van der Waals surface area (Å²) < 4.78 is 30.5. The van der Waals surface area contributed by atoms with Crippen LogP contribution >= 0.6 is 0 Å². The third-order valence-corrected chi connectivity index (χ3v) is 4.27. The lowest BCUT2D eigenvalue weighted by atomic mass is 10.3. The predicted molar refractivity (Wildman–Crippen MR) is 63.8 cm³/mol. The first-order chi connectivity index (χ1) is 8.04. The largest absolute Gasteiger partial charge is 0.383 e. The van der Waals surface area contributed by atoms with Gasteiger partial charge in [-0.3, -0.25) is 4.98 Å². The van der Waals surface area contributed by atoms with Gasteiger partial charge in [-0.15, -0.1) is 0 Å². The average molecular weight is 259 g/mol. The first-order valence-electron chi connectivity index (χ1n) is 5.13. The van der Waals surface area contributed by atoms with Crippen molar-refractivity contribution in [3.05, 3.63) is 24.0 Å². The number of sulfonamides is 1. The maximum atomic E-state index is 12.2. The summed E-state index contributed by atoms with van der Waals surface area (Å²) in [4.78, 5) is 4.12. The van der Waals surface area contributed by atoms with Crippen LogP contribution < -0.4 is 5.73 Å². The number of nitrogens with zero attached hydrogens (tertiary/aromatic N) is 2. The van der Waals surface area contributed by atoms with Crippen LogP contribution in [0.3, 0.4) is 0 Å². The zero-order valence-electron chi connectivity index (χ0n) is 9.96. The van der Waals surface area contributed by atoms with Gasteiger partial charge < -0.3 is 10.5 Å². The van der Waals surface area contributed by atoms with Crippen LogP contribution in [0.1, 0.15) is 5.69 Å². The Morgan fingerprint density at radius 3 is 2.82 bits per heavy atom. The molecule has 0 aliphatic heterocycles. The van der Waals surface area contributed by atoms with Crippen molar-refractivity contribution in [3.8, 4) is 0 Å². The number of rotatable bonds is 6. The Kier molecular flexibility index (Phi) is 5.01. The summed E-state index contributed by atoms with van der Waals surface area (Å²) in [5, 5.41) is 0. The van der Waals surface area contributed by atoms with E-state index in [1.807, 2.05) is 0 Å². The number of aromatic nitrogens is 1. The van der Waals surface area contributed by atoms with Crippen molar-refractivity contribution in [1.82, 2.24) is 9.29 Å². The normalized spacial score (nSPS) is 12.0. The van der Waals surface area contributed by atoms with E-state index in [0.29, 0.717) is 12.3 Å². The lowest BCUT2D eigenvalue weighted by Crippen LogP contribution is -2.31. The van der Waals surface area contributed by atoms with Gasteiger partial charge in [-0.1, -0.05) is 0 Å². The Morgan fingerprint density at radius 1 is 1.53 bits per heavy atom. The van der Waals surface area contributed by atoms with Gasteiger partial charge in [0.15, 0.2) is 0 Å². The molecule has 0 fully saturated rings. The Labute approximate surface area is 101 Å². The predicted octanol–water partition coefficient (Wildman–Crippen LogP) is -0.193. The highest BCUT2D eigenvalue weighted by atomic mass is 32.2. The molecule has 2 N–H and O–H groups in total. The van der Waals surface area contributed by atoms with Crippen LogP contribution in [0.25, 0.3) is 0 Å². The summed E-state index contributed by atoms with van der Waals surface area (Å²) in [6, 6.07) is 3.09. The van der Waals surface area contributed by atoms with E-state index in [4.69, 9.17) is 10.5 Å². The molecule has 0 aliphatic rings. The van der Waals surface area contributed by atoms with Crippen molar-refractivity contribution in [2.75, 3.05) is 27.3 Å². The molecule has 0 atom stereocenters. The molecule has 0 bridgehead atoms. The number of methoxy groups -OCH3 is 1. The molecule has 0 saturated heterocycles. The molecular weight excluding hydrogens is 242 g/mol. The first kappa shape index (κ1) is 14.0. The molecule has 1 rings (SSSR count). The third kappa shape index (κ3) is 3.22. The molecule has 0 unspecified atom stereocenters. The fourth-order valence-electron chi connectivity index (χ4n) is 1.32. The Balaban J connectivity index is 3.04. The lowest BCUT2D eigenvalue weighted by molar-refractivity contribution is 0.185. The molecular formula is C10H17N3O3S. The summed E-state index contributed by atoms with van der Waals surface area (Å²) in [6.45, 7) is 0.721. The van der Waals surface area contributed by atoms with Crippen molar-refractivity contribution in [3.63, 3.8) is 0 Å². The van der Waals surface area contributed by atoms with Crippen molar-refractivity contribution in [2.24, 2.45) is 5.73 Å². The van der Waals surface area contributed by atoms with E-state index in [9.17, 15) is 8.42 Å². The number of likely N-dealkylation sites (N-methyl/N-ethyl adjacent to an activating group) is 1. The second-order valence-corrected chi connectivity index (χ2v) is 5.49. The van der Waals surface area contributed by atoms with Gasteiger partial charge >= 0.3 is 0 Å². The highest BCUT2D eigenvalue weighted by Gasteiger charge is 2.23. The minimum atomic E-state index is -3.54. The molecule has 0 aromatic carbocycles. The number of nitrogens with two attached hydrogens (primary N) is 1. The van der Waals surface area contributed by atoms with Crippen LogP contribution in [0, 0.1) is 0 Å². The number of hydrogen-bond donors (Lipinski definition) is 1.